The summed E-state index contributed by atoms with van der Waals surface area (Å²) in [5.74, 6) is 0.147. The fourth-order valence-electron chi connectivity index (χ4n) is 2.93. The van der Waals surface area contributed by atoms with Gasteiger partial charge in [-0.15, -0.1) is 11.3 Å². The van der Waals surface area contributed by atoms with E-state index in [0.29, 0.717) is 16.5 Å². The summed E-state index contributed by atoms with van der Waals surface area (Å²) in [6.07, 6.45) is 0. The molecular formula is C19H21N3OS. The number of carbonyl (C=O) groups is 1. The second-order valence-electron chi connectivity index (χ2n) is 6.30. The smallest absolute Gasteiger partial charge is 0.267 e. The Morgan fingerprint density at radius 2 is 1.96 bits per heavy atom. The van der Waals surface area contributed by atoms with Gasteiger partial charge in [-0.25, -0.2) is 4.98 Å². The summed E-state index contributed by atoms with van der Waals surface area (Å²) in [7, 11) is 0. The molecule has 2 heterocycles. The monoisotopic (exact) mass is 339 g/mol. The molecule has 0 atom stereocenters. The number of hydrogen-bond donors (Lipinski definition) is 2. The van der Waals surface area contributed by atoms with Crippen molar-refractivity contribution < 1.29 is 4.79 Å². The van der Waals surface area contributed by atoms with Crippen molar-refractivity contribution in [1.82, 2.24) is 4.98 Å². The zero-order valence-electron chi connectivity index (χ0n) is 14.3. The number of carbonyl (C=O) groups excluding carboxylic acids is 1. The van der Waals surface area contributed by atoms with Crippen molar-refractivity contribution in [3.63, 3.8) is 0 Å². The maximum Gasteiger partial charge on any atom is 0.267 e. The molecule has 1 aromatic carbocycles. The number of nitrogens with zero attached hydrogens (tertiary/aromatic N) is 1. The van der Waals surface area contributed by atoms with E-state index in [9.17, 15) is 4.79 Å². The topological polar surface area (TPSA) is 68.0 Å². The number of para-hydroxylation sites is 1. The number of nitrogens with two attached hydrogens (primary N) is 1. The number of nitrogens with one attached hydrogen (secondary N) is 1. The van der Waals surface area contributed by atoms with Crippen LogP contribution in [0.1, 0.15) is 46.3 Å². The van der Waals surface area contributed by atoms with Gasteiger partial charge in [-0.2, -0.15) is 0 Å². The number of aryl methyl sites for hydroxylation is 2. The van der Waals surface area contributed by atoms with Crippen molar-refractivity contribution in [2.24, 2.45) is 0 Å². The van der Waals surface area contributed by atoms with Gasteiger partial charge in [0.05, 0.1) is 5.69 Å². The Morgan fingerprint density at radius 1 is 1.25 bits per heavy atom. The molecule has 0 saturated carbocycles. The molecule has 3 N–H and O–H groups in total. The average molecular weight is 339 g/mol. The molecule has 0 aliphatic heterocycles. The number of rotatable bonds is 3. The SMILES string of the molecule is Cc1cc(C)c2c(N)c(C(=O)Nc3ccccc3C(C)C)sc2n1. The number of amides is 1. The molecule has 0 bridgehead atoms. The van der Waals surface area contributed by atoms with Gasteiger partial charge in [0.2, 0.25) is 0 Å². The fourth-order valence-corrected chi connectivity index (χ4v) is 4.04. The lowest BCUT2D eigenvalue weighted by Crippen LogP contribution is -2.13. The Bertz CT molecular complexity index is 928. The first kappa shape index (κ1) is 16.5. The number of thiophene rings is 1. The second kappa shape index (κ2) is 6.24. The predicted molar refractivity (Wildman–Crippen MR) is 102 cm³/mol. The van der Waals surface area contributed by atoms with E-state index < -0.39 is 0 Å². The second-order valence-corrected chi connectivity index (χ2v) is 7.30. The van der Waals surface area contributed by atoms with Crippen LogP contribution in [0.5, 0.6) is 0 Å². The van der Waals surface area contributed by atoms with Gasteiger partial charge in [0.25, 0.3) is 5.91 Å². The predicted octanol–water partition coefficient (Wildman–Crippen LogP) is 4.87. The van der Waals surface area contributed by atoms with Crippen molar-refractivity contribution >= 4 is 38.8 Å². The van der Waals surface area contributed by atoms with Gasteiger partial charge in [0.15, 0.2) is 0 Å². The van der Waals surface area contributed by atoms with Crippen molar-refractivity contribution in [2.45, 2.75) is 33.6 Å². The van der Waals surface area contributed by atoms with Gasteiger partial charge in [-0.3, -0.25) is 4.79 Å². The third-order valence-electron chi connectivity index (χ3n) is 4.06. The molecule has 0 spiro atoms. The molecular weight excluding hydrogens is 318 g/mol. The van der Waals surface area contributed by atoms with E-state index >= 15 is 0 Å². The highest BCUT2D eigenvalue weighted by atomic mass is 32.1. The van der Waals surface area contributed by atoms with Crippen molar-refractivity contribution in [3.8, 4) is 0 Å². The first-order chi connectivity index (χ1) is 11.4. The summed E-state index contributed by atoms with van der Waals surface area (Å²) in [4.78, 5) is 18.6. The normalized spacial score (nSPS) is 11.2. The van der Waals surface area contributed by atoms with Crippen LogP contribution >= 0.6 is 11.3 Å². The maximum absolute atomic E-state index is 12.8. The van der Waals surface area contributed by atoms with Gasteiger partial charge >= 0.3 is 0 Å². The van der Waals surface area contributed by atoms with Crippen LogP contribution in [-0.2, 0) is 0 Å². The molecule has 0 unspecified atom stereocenters. The lowest BCUT2D eigenvalue weighted by molar-refractivity contribution is 0.103. The van der Waals surface area contributed by atoms with Crippen LogP contribution < -0.4 is 11.1 Å². The van der Waals surface area contributed by atoms with Gasteiger partial charge < -0.3 is 11.1 Å². The van der Waals surface area contributed by atoms with Crippen LogP contribution in [0.3, 0.4) is 0 Å². The molecule has 0 saturated heterocycles. The molecule has 0 fully saturated rings. The Hall–Kier alpha value is -2.40. The van der Waals surface area contributed by atoms with Gasteiger partial charge in [-0.05, 0) is 43.0 Å². The highest BCUT2D eigenvalue weighted by molar-refractivity contribution is 7.21. The lowest BCUT2D eigenvalue weighted by atomic mass is 10.0. The van der Waals surface area contributed by atoms with Crippen LogP contribution in [-0.4, -0.2) is 10.9 Å². The number of hydrogen-bond acceptors (Lipinski definition) is 4. The Morgan fingerprint density at radius 3 is 2.67 bits per heavy atom. The van der Waals surface area contributed by atoms with E-state index in [4.69, 9.17) is 5.73 Å². The standard InChI is InChI=1S/C19H21N3OS/c1-10(2)13-7-5-6-8-14(13)22-18(23)17-16(20)15-11(3)9-12(4)21-19(15)24-17/h5-10H,20H2,1-4H3,(H,22,23). The highest BCUT2D eigenvalue weighted by Crippen LogP contribution is 2.35. The summed E-state index contributed by atoms with van der Waals surface area (Å²) in [5.41, 5.74) is 10.7. The Balaban J connectivity index is 2.01. The molecule has 124 valence electrons. The van der Waals surface area contributed by atoms with Crippen molar-refractivity contribution in [1.29, 1.82) is 0 Å². The van der Waals surface area contributed by atoms with Crippen molar-refractivity contribution in [3.05, 3.63) is 52.0 Å². The third-order valence-corrected chi connectivity index (χ3v) is 5.16. The Labute approximate surface area is 145 Å². The van der Waals surface area contributed by atoms with Crippen LogP contribution in [0.4, 0.5) is 11.4 Å². The first-order valence-electron chi connectivity index (χ1n) is 7.95. The number of fused-ring (bicyclic) bond motifs is 1. The Kier molecular flexibility index (Phi) is 4.28. The molecule has 4 nitrogen and oxygen atoms in total. The lowest BCUT2D eigenvalue weighted by Gasteiger charge is -2.13. The highest BCUT2D eigenvalue weighted by Gasteiger charge is 2.20. The molecule has 0 aliphatic rings. The zero-order valence-corrected chi connectivity index (χ0v) is 15.1. The summed E-state index contributed by atoms with van der Waals surface area (Å²) in [6.45, 7) is 8.15. The number of pyridine rings is 1. The van der Waals surface area contributed by atoms with Gasteiger partial charge in [0.1, 0.15) is 9.71 Å². The molecule has 3 aromatic rings. The van der Waals surface area contributed by atoms with E-state index in [2.05, 4.69) is 24.1 Å². The average Bonchev–Trinajstić information content (AvgIpc) is 2.84. The molecule has 24 heavy (non-hydrogen) atoms. The first-order valence-corrected chi connectivity index (χ1v) is 8.76. The summed E-state index contributed by atoms with van der Waals surface area (Å²) < 4.78 is 0. The van der Waals surface area contributed by atoms with Gasteiger partial charge in [0, 0.05) is 16.8 Å². The number of anilines is 2. The fraction of sp³-hybridized carbons (Fsp3) is 0.263. The molecule has 0 aliphatic carbocycles. The summed E-state index contributed by atoms with van der Waals surface area (Å²) in [6, 6.07) is 9.84. The minimum absolute atomic E-state index is 0.180. The van der Waals surface area contributed by atoms with Crippen LogP contribution in [0.15, 0.2) is 30.3 Å². The quantitative estimate of drug-likeness (QED) is 0.715. The van der Waals surface area contributed by atoms with E-state index in [1.807, 2.05) is 44.2 Å². The maximum atomic E-state index is 12.8. The minimum Gasteiger partial charge on any atom is -0.397 e. The molecule has 2 aromatic heterocycles. The summed E-state index contributed by atoms with van der Waals surface area (Å²) >= 11 is 1.35. The third kappa shape index (κ3) is 2.87. The molecule has 5 heteroatoms. The van der Waals surface area contributed by atoms with Crippen LogP contribution in [0.2, 0.25) is 0 Å². The van der Waals surface area contributed by atoms with E-state index in [-0.39, 0.29) is 5.91 Å². The number of benzene rings is 1. The number of aromatic nitrogens is 1. The van der Waals surface area contributed by atoms with Crippen molar-refractivity contribution in [2.75, 3.05) is 11.1 Å². The van der Waals surface area contributed by atoms with Gasteiger partial charge in [-0.1, -0.05) is 32.0 Å². The van der Waals surface area contributed by atoms with Crippen LogP contribution in [0, 0.1) is 13.8 Å². The number of nitrogen functional groups attached to an aromatic ring is 1. The molecule has 1 amide bonds. The minimum atomic E-state index is -0.180. The largest absolute Gasteiger partial charge is 0.397 e. The molecule has 0 radical (unpaired) electrons. The van der Waals surface area contributed by atoms with E-state index in [1.54, 1.807) is 0 Å². The zero-order chi connectivity index (χ0) is 17.4. The van der Waals surface area contributed by atoms with E-state index in [1.165, 1.54) is 11.3 Å². The van der Waals surface area contributed by atoms with E-state index in [0.717, 1.165) is 32.7 Å². The van der Waals surface area contributed by atoms with Crippen LogP contribution in [0.25, 0.3) is 10.2 Å². The molecule has 3 rings (SSSR count). The summed E-state index contributed by atoms with van der Waals surface area (Å²) in [5, 5.41) is 3.89.